The van der Waals surface area contributed by atoms with Crippen LogP contribution in [0.5, 0.6) is 0 Å². The molecule has 1 aromatic heterocycles. The van der Waals surface area contributed by atoms with Gasteiger partial charge in [-0.15, -0.1) is 5.10 Å². The molecule has 1 unspecified atom stereocenters. The largest absolute Gasteiger partial charge is 0.381 e. The first-order valence-corrected chi connectivity index (χ1v) is 6.15. The maximum Gasteiger partial charge on any atom is 0.153 e. The highest BCUT2D eigenvalue weighted by Crippen LogP contribution is 2.16. The van der Waals surface area contributed by atoms with E-state index in [1.807, 2.05) is 19.1 Å². The van der Waals surface area contributed by atoms with Gasteiger partial charge in [-0.25, -0.2) is 0 Å². The Morgan fingerprint density at radius 1 is 1.44 bits per heavy atom. The molecule has 2 N–H and O–H groups in total. The Hall–Kier alpha value is -1.95. The second kappa shape index (κ2) is 4.73. The molecule has 2 heterocycles. The summed E-state index contributed by atoms with van der Waals surface area (Å²) >= 11 is 0. The van der Waals surface area contributed by atoms with E-state index in [9.17, 15) is 0 Å². The average Bonchev–Trinajstić information content (AvgIpc) is 3.01. The molecule has 1 atom stereocenters. The molecule has 0 aliphatic carbocycles. The van der Waals surface area contributed by atoms with E-state index in [1.165, 1.54) is 0 Å². The molecule has 0 saturated carbocycles. The number of anilines is 1. The topological polar surface area (TPSA) is 67.7 Å². The lowest BCUT2D eigenvalue weighted by Gasteiger charge is -2.13. The molecule has 1 aliphatic heterocycles. The second-order valence-corrected chi connectivity index (χ2v) is 4.52. The average molecular weight is 244 g/mol. The van der Waals surface area contributed by atoms with Gasteiger partial charge < -0.3 is 10.6 Å². The van der Waals surface area contributed by atoms with Gasteiger partial charge in [0, 0.05) is 18.3 Å². The van der Waals surface area contributed by atoms with Gasteiger partial charge in [-0.1, -0.05) is 6.07 Å². The third-order valence-corrected chi connectivity index (χ3v) is 3.15. The molecule has 94 valence electrons. The summed E-state index contributed by atoms with van der Waals surface area (Å²) in [6, 6.07) is 8.67. The highest BCUT2D eigenvalue weighted by molar-refractivity contribution is 5.51. The fourth-order valence-electron chi connectivity index (χ4n) is 2.21. The van der Waals surface area contributed by atoms with Crippen LogP contribution >= 0.6 is 0 Å². The second-order valence-electron chi connectivity index (χ2n) is 4.52. The molecule has 0 radical (unpaired) electrons. The molecule has 18 heavy (non-hydrogen) atoms. The van der Waals surface area contributed by atoms with E-state index in [1.54, 1.807) is 4.68 Å². The first-order chi connectivity index (χ1) is 8.83. The van der Waals surface area contributed by atoms with Crippen molar-refractivity contribution in [2.24, 2.45) is 0 Å². The zero-order chi connectivity index (χ0) is 12.4. The fourth-order valence-corrected chi connectivity index (χ4v) is 2.21. The number of rotatable bonds is 3. The lowest BCUT2D eigenvalue weighted by molar-refractivity contribution is 0.776. The number of nitrogens with zero attached hydrogens (tertiary/aromatic N) is 4. The van der Waals surface area contributed by atoms with Crippen LogP contribution < -0.4 is 10.6 Å². The number of aromatic nitrogens is 4. The minimum absolute atomic E-state index is 0.509. The molecule has 0 amide bonds. The summed E-state index contributed by atoms with van der Waals surface area (Å²) in [5, 5.41) is 18.4. The summed E-state index contributed by atoms with van der Waals surface area (Å²) in [5.74, 6) is 0.787. The molecule has 1 aliphatic rings. The van der Waals surface area contributed by atoms with Crippen LogP contribution in [0.2, 0.25) is 0 Å². The molecule has 0 spiro atoms. The van der Waals surface area contributed by atoms with Crippen molar-refractivity contribution in [1.82, 2.24) is 25.5 Å². The summed E-state index contributed by atoms with van der Waals surface area (Å²) in [6.45, 7) is 4.00. The third kappa shape index (κ3) is 2.19. The van der Waals surface area contributed by atoms with Crippen molar-refractivity contribution in [1.29, 1.82) is 0 Å². The van der Waals surface area contributed by atoms with E-state index in [-0.39, 0.29) is 0 Å². The van der Waals surface area contributed by atoms with E-state index in [4.69, 9.17) is 0 Å². The zero-order valence-corrected chi connectivity index (χ0v) is 10.3. The summed E-state index contributed by atoms with van der Waals surface area (Å²) < 4.78 is 1.73. The molecule has 6 heteroatoms. The highest BCUT2D eigenvalue weighted by atomic mass is 15.5. The molecule has 2 aromatic rings. The minimum atomic E-state index is 0.509. The van der Waals surface area contributed by atoms with Gasteiger partial charge in [0.05, 0.1) is 5.69 Å². The smallest absolute Gasteiger partial charge is 0.153 e. The van der Waals surface area contributed by atoms with Crippen molar-refractivity contribution in [2.75, 3.05) is 18.4 Å². The molecular weight excluding hydrogens is 228 g/mol. The Morgan fingerprint density at radius 2 is 2.39 bits per heavy atom. The summed E-state index contributed by atoms with van der Waals surface area (Å²) in [4.78, 5) is 0. The molecular formula is C12H16N6. The van der Waals surface area contributed by atoms with Crippen LogP contribution in [0, 0.1) is 6.92 Å². The summed E-state index contributed by atoms with van der Waals surface area (Å²) in [5.41, 5.74) is 2.09. The van der Waals surface area contributed by atoms with Crippen LogP contribution in [0.25, 0.3) is 5.69 Å². The Morgan fingerprint density at radius 3 is 3.11 bits per heavy atom. The van der Waals surface area contributed by atoms with Crippen molar-refractivity contribution in [3.05, 3.63) is 30.1 Å². The van der Waals surface area contributed by atoms with Crippen LogP contribution in [0.3, 0.4) is 0 Å². The van der Waals surface area contributed by atoms with E-state index in [0.29, 0.717) is 6.04 Å². The Balaban J connectivity index is 1.82. The first kappa shape index (κ1) is 11.2. The number of hydrogen-bond acceptors (Lipinski definition) is 5. The van der Waals surface area contributed by atoms with Crippen LogP contribution in [-0.4, -0.2) is 39.3 Å². The number of hydrogen-bond donors (Lipinski definition) is 2. The van der Waals surface area contributed by atoms with Gasteiger partial charge in [-0.3, -0.25) is 0 Å². The fraction of sp³-hybridized carbons (Fsp3) is 0.417. The van der Waals surface area contributed by atoms with Gasteiger partial charge in [0.1, 0.15) is 0 Å². The van der Waals surface area contributed by atoms with Crippen LogP contribution in [0.15, 0.2) is 24.3 Å². The van der Waals surface area contributed by atoms with Gasteiger partial charge in [-0.2, -0.15) is 4.68 Å². The van der Waals surface area contributed by atoms with Crippen molar-refractivity contribution in [2.45, 2.75) is 19.4 Å². The molecule has 3 rings (SSSR count). The minimum Gasteiger partial charge on any atom is -0.381 e. The predicted molar refractivity (Wildman–Crippen MR) is 68.8 cm³/mol. The monoisotopic (exact) mass is 244 g/mol. The number of tetrazole rings is 1. The van der Waals surface area contributed by atoms with E-state index in [0.717, 1.165) is 36.7 Å². The molecule has 1 saturated heterocycles. The van der Waals surface area contributed by atoms with Crippen molar-refractivity contribution >= 4 is 5.69 Å². The van der Waals surface area contributed by atoms with Gasteiger partial charge >= 0.3 is 0 Å². The van der Waals surface area contributed by atoms with Crippen molar-refractivity contribution in [3.63, 3.8) is 0 Å². The Labute approximate surface area is 105 Å². The van der Waals surface area contributed by atoms with Crippen molar-refractivity contribution in [3.8, 4) is 5.69 Å². The Kier molecular flexibility index (Phi) is 2.93. The molecule has 1 aromatic carbocycles. The lowest BCUT2D eigenvalue weighted by Crippen LogP contribution is -2.22. The first-order valence-electron chi connectivity index (χ1n) is 6.15. The maximum absolute atomic E-state index is 3.97. The molecule has 0 bridgehead atoms. The van der Waals surface area contributed by atoms with Crippen molar-refractivity contribution < 1.29 is 0 Å². The highest BCUT2D eigenvalue weighted by Gasteiger charge is 2.14. The SMILES string of the molecule is Cc1nnnn1-c1cccc(NC2CCNC2)c1. The third-order valence-electron chi connectivity index (χ3n) is 3.15. The quantitative estimate of drug-likeness (QED) is 0.833. The van der Waals surface area contributed by atoms with Crippen LogP contribution in [0.4, 0.5) is 5.69 Å². The summed E-state index contributed by atoms with van der Waals surface area (Å²) in [7, 11) is 0. The lowest BCUT2D eigenvalue weighted by atomic mass is 10.2. The van der Waals surface area contributed by atoms with Gasteiger partial charge in [0.15, 0.2) is 5.82 Å². The van der Waals surface area contributed by atoms with Crippen LogP contribution in [0.1, 0.15) is 12.2 Å². The zero-order valence-electron chi connectivity index (χ0n) is 10.3. The maximum atomic E-state index is 3.97. The van der Waals surface area contributed by atoms with Gasteiger partial charge in [-0.05, 0) is 48.5 Å². The summed E-state index contributed by atoms with van der Waals surface area (Å²) in [6.07, 6.45) is 1.16. The molecule has 1 fully saturated rings. The van der Waals surface area contributed by atoms with E-state index >= 15 is 0 Å². The number of nitrogens with one attached hydrogen (secondary N) is 2. The van der Waals surface area contributed by atoms with Gasteiger partial charge in [0.2, 0.25) is 0 Å². The Bertz CT molecular complexity index is 529. The van der Waals surface area contributed by atoms with E-state index < -0.39 is 0 Å². The molecule has 6 nitrogen and oxygen atoms in total. The van der Waals surface area contributed by atoms with Gasteiger partial charge in [0.25, 0.3) is 0 Å². The van der Waals surface area contributed by atoms with E-state index in [2.05, 4.69) is 38.3 Å². The number of benzene rings is 1. The predicted octanol–water partition coefficient (Wildman–Crippen LogP) is 0.745. The standard InChI is InChI=1S/C12H16N6/c1-9-15-16-17-18(9)12-4-2-3-10(7-12)14-11-5-6-13-8-11/h2-4,7,11,13-14H,5-6,8H2,1H3. The normalized spacial score (nSPS) is 19.1. The van der Waals surface area contributed by atoms with Crippen LogP contribution in [-0.2, 0) is 0 Å². The number of aryl methyl sites for hydroxylation is 1.